The van der Waals surface area contributed by atoms with Gasteiger partial charge in [-0.25, -0.2) is 4.79 Å². The van der Waals surface area contributed by atoms with E-state index >= 15 is 0 Å². The van der Waals surface area contributed by atoms with Gasteiger partial charge in [0.25, 0.3) is 5.91 Å². The van der Waals surface area contributed by atoms with E-state index in [2.05, 4.69) is 10.5 Å². The van der Waals surface area contributed by atoms with E-state index in [-0.39, 0.29) is 12.4 Å². The highest BCUT2D eigenvalue weighted by Crippen LogP contribution is 2.19. The first-order valence-electron chi connectivity index (χ1n) is 9.33. The van der Waals surface area contributed by atoms with Gasteiger partial charge in [0.2, 0.25) is 0 Å². The molecule has 1 N–H and O–H groups in total. The molecule has 0 spiro atoms. The maximum Gasteiger partial charge on any atom is 0.344 e. The fourth-order valence-electron chi connectivity index (χ4n) is 2.45. The highest BCUT2D eigenvalue weighted by atomic mass is 16.6. The third-order valence-electron chi connectivity index (χ3n) is 3.99. The largest absolute Gasteiger partial charge is 0.489 e. The van der Waals surface area contributed by atoms with Crippen LogP contribution in [0.4, 0.5) is 5.82 Å². The molecule has 0 fully saturated rings. The molecule has 0 bridgehead atoms. The summed E-state index contributed by atoms with van der Waals surface area (Å²) in [5, 5.41) is 6.14. The second-order valence-electron chi connectivity index (χ2n) is 6.48. The zero-order valence-electron chi connectivity index (χ0n) is 16.7. The molecule has 30 heavy (non-hydrogen) atoms. The number of anilines is 1. The summed E-state index contributed by atoms with van der Waals surface area (Å²) in [5.41, 5.74) is 1.07. The van der Waals surface area contributed by atoms with Gasteiger partial charge in [0.15, 0.2) is 18.5 Å². The van der Waals surface area contributed by atoms with Crippen molar-refractivity contribution >= 4 is 17.7 Å². The molecule has 1 amide bonds. The van der Waals surface area contributed by atoms with Gasteiger partial charge in [-0.1, -0.05) is 35.5 Å². The van der Waals surface area contributed by atoms with Crippen LogP contribution in [-0.4, -0.2) is 29.7 Å². The molecule has 1 aromatic heterocycles. The van der Waals surface area contributed by atoms with Crippen LogP contribution >= 0.6 is 0 Å². The van der Waals surface area contributed by atoms with Crippen molar-refractivity contribution in [3.63, 3.8) is 0 Å². The number of carbonyl (C=O) groups is 2. The lowest BCUT2D eigenvalue weighted by molar-refractivity contribution is -0.155. The summed E-state index contributed by atoms with van der Waals surface area (Å²) in [6.45, 7) is 3.29. The zero-order valence-corrected chi connectivity index (χ0v) is 16.7. The van der Waals surface area contributed by atoms with Crippen molar-refractivity contribution in [3.05, 3.63) is 72.0 Å². The fourth-order valence-corrected chi connectivity index (χ4v) is 2.45. The van der Waals surface area contributed by atoms with Crippen LogP contribution < -0.4 is 14.8 Å². The molecular weight excluding hydrogens is 388 g/mol. The van der Waals surface area contributed by atoms with E-state index in [0.29, 0.717) is 23.9 Å². The lowest BCUT2D eigenvalue weighted by atomic mass is 10.2. The molecule has 2 aromatic carbocycles. The van der Waals surface area contributed by atoms with E-state index in [0.717, 1.165) is 5.56 Å². The molecule has 0 aliphatic heterocycles. The maximum absolute atomic E-state index is 12.0. The van der Waals surface area contributed by atoms with Crippen LogP contribution in [0, 0.1) is 6.92 Å². The molecule has 0 aliphatic rings. The Balaban J connectivity index is 1.40. The number of rotatable bonds is 9. The van der Waals surface area contributed by atoms with Crippen LogP contribution in [0.1, 0.15) is 18.2 Å². The van der Waals surface area contributed by atoms with Crippen LogP contribution in [0.3, 0.4) is 0 Å². The second-order valence-corrected chi connectivity index (χ2v) is 6.48. The first kappa shape index (κ1) is 20.9. The number of benzene rings is 2. The van der Waals surface area contributed by atoms with E-state index < -0.39 is 18.0 Å². The molecule has 8 heteroatoms. The number of carbonyl (C=O) groups excluding carboxylic acids is 2. The van der Waals surface area contributed by atoms with Crippen molar-refractivity contribution < 1.29 is 28.3 Å². The Morgan fingerprint density at radius 1 is 1.03 bits per heavy atom. The van der Waals surface area contributed by atoms with Crippen molar-refractivity contribution in [1.82, 2.24) is 5.16 Å². The highest BCUT2D eigenvalue weighted by molar-refractivity contribution is 5.94. The number of nitrogens with zero attached hydrogens (tertiary/aromatic N) is 1. The normalized spacial score (nSPS) is 11.4. The number of aryl methyl sites for hydroxylation is 1. The molecule has 0 saturated heterocycles. The minimum atomic E-state index is -1.01. The summed E-state index contributed by atoms with van der Waals surface area (Å²) in [6, 6.07) is 18.3. The zero-order chi connectivity index (χ0) is 21.3. The third kappa shape index (κ3) is 6.37. The molecular formula is C22H22N2O6. The standard InChI is InChI=1S/C22H22N2O6/c1-15-12-20(24-30-15)23-22(26)16(2)29-21(25)14-28-19-10-8-18(9-11-19)27-13-17-6-4-3-5-7-17/h3-12,16H,13-14H2,1-2H3,(H,23,24,26)/t16-/m0/s1. The molecule has 0 radical (unpaired) electrons. The second kappa shape index (κ2) is 10.1. The SMILES string of the molecule is Cc1cc(NC(=O)[C@H](C)OC(=O)COc2ccc(OCc3ccccc3)cc2)no1. The Hall–Kier alpha value is -3.81. The van der Waals surface area contributed by atoms with Crippen molar-refractivity contribution in [2.75, 3.05) is 11.9 Å². The minimum absolute atomic E-state index is 0.256. The minimum Gasteiger partial charge on any atom is -0.489 e. The average molecular weight is 410 g/mol. The topological polar surface area (TPSA) is 99.9 Å². The molecule has 8 nitrogen and oxygen atoms in total. The predicted octanol–water partition coefficient (Wildman–Crippen LogP) is 3.51. The molecule has 1 heterocycles. The van der Waals surface area contributed by atoms with Gasteiger partial charge < -0.3 is 24.1 Å². The first-order chi connectivity index (χ1) is 14.5. The molecule has 3 rings (SSSR count). The van der Waals surface area contributed by atoms with Crippen molar-refractivity contribution in [2.24, 2.45) is 0 Å². The van der Waals surface area contributed by atoms with Gasteiger partial charge in [0, 0.05) is 6.07 Å². The van der Waals surface area contributed by atoms with E-state index in [9.17, 15) is 9.59 Å². The van der Waals surface area contributed by atoms with Crippen LogP contribution in [0.5, 0.6) is 11.5 Å². The van der Waals surface area contributed by atoms with Crippen LogP contribution in [0.2, 0.25) is 0 Å². The van der Waals surface area contributed by atoms with Gasteiger partial charge in [-0.3, -0.25) is 4.79 Å². The lowest BCUT2D eigenvalue weighted by Gasteiger charge is -2.13. The Morgan fingerprint density at radius 2 is 1.70 bits per heavy atom. The number of esters is 1. The highest BCUT2D eigenvalue weighted by Gasteiger charge is 2.19. The van der Waals surface area contributed by atoms with Crippen LogP contribution in [0.25, 0.3) is 0 Å². The quantitative estimate of drug-likeness (QED) is 0.539. The van der Waals surface area contributed by atoms with Gasteiger partial charge >= 0.3 is 5.97 Å². The smallest absolute Gasteiger partial charge is 0.344 e. The van der Waals surface area contributed by atoms with E-state index in [1.807, 2.05) is 30.3 Å². The summed E-state index contributed by atoms with van der Waals surface area (Å²) in [4.78, 5) is 23.9. The summed E-state index contributed by atoms with van der Waals surface area (Å²) < 4.78 is 21.0. The number of amides is 1. The van der Waals surface area contributed by atoms with Gasteiger partial charge in [0.05, 0.1) is 0 Å². The number of ether oxygens (including phenoxy) is 3. The van der Waals surface area contributed by atoms with Gasteiger partial charge in [-0.05, 0) is 43.7 Å². The Kier molecular flexibility index (Phi) is 7.05. The molecule has 0 unspecified atom stereocenters. The Morgan fingerprint density at radius 3 is 2.33 bits per heavy atom. The predicted molar refractivity (Wildman–Crippen MR) is 108 cm³/mol. The summed E-state index contributed by atoms with van der Waals surface area (Å²) in [6.07, 6.45) is -1.01. The summed E-state index contributed by atoms with van der Waals surface area (Å²) >= 11 is 0. The van der Waals surface area contributed by atoms with E-state index in [4.69, 9.17) is 18.7 Å². The average Bonchev–Trinajstić information content (AvgIpc) is 3.16. The van der Waals surface area contributed by atoms with Gasteiger partial charge in [-0.15, -0.1) is 0 Å². The van der Waals surface area contributed by atoms with Crippen molar-refractivity contribution in [1.29, 1.82) is 0 Å². The van der Waals surface area contributed by atoms with Crippen molar-refractivity contribution in [2.45, 2.75) is 26.6 Å². The van der Waals surface area contributed by atoms with E-state index in [1.54, 1.807) is 37.3 Å². The summed E-state index contributed by atoms with van der Waals surface area (Å²) in [7, 11) is 0. The maximum atomic E-state index is 12.0. The number of hydrogen-bond donors (Lipinski definition) is 1. The van der Waals surface area contributed by atoms with Gasteiger partial charge in [-0.2, -0.15) is 0 Å². The molecule has 156 valence electrons. The number of nitrogens with one attached hydrogen (secondary N) is 1. The van der Waals surface area contributed by atoms with Crippen LogP contribution in [0.15, 0.2) is 65.2 Å². The lowest BCUT2D eigenvalue weighted by Crippen LogP contribution is -2.31. The van der Waals surface area contributed by atoms with Crippen LogP contribution in [-0.2, 0) is 20.9 Å². The summed E-state index contributed by atoms with van der Waals surface area (Å²) in [5.74, 6) is 0.789. The van der Waals surface area contributed by atoms with E-state index in [1.165, 1.54) is 6.92 Å². The number of hydrogen-bond acceptors (Lipinski definition) is 7. The molecule has 0 saturated carbocycles. The van der Waals surface area contributed by atoms with Crippen molar-refractivity contribution in [3.8, 4) is 11.5 Å². The monoisotopic (exact) mass is 410 g/mol. The molecule has 3 aromatic rings. The first-order valence-corrected chi connectivity index (χ1v) is 9.33. The van der Waals surface area contributed by atoms with Gasteiger partial charge in [0.1, 0.15) is 23.9 Å². The number of aromatic nitrogens is 1. The Bertz CT molecular complexity index is 969. The fraction of sp³-hybridized carbons (Fsp3) is 0.227. The third-order valence-corrected chi connectivity index (χ3v) is 3.99. The molecule has 1 atom stereocenters. The Labute approximate surface area is 173 Å². The molecule has 0 aliphatic carbocycles.